The van der Waals surface area contributed by atoms with Crippen molar-refractivity contribution in [3.63, 3.8) is 0 Å². The second-order valence-corrected chi connectivity index (χ2v) is 8.37. The number of hydrogen-bond acceptors (Lipinski definition) is 6. The van der Waals surface area contributed by atoms with E-state index in [-0.39, 0.29) is 22.0 Å². The number of carbonyl (C=O) groups is 1. The van der Waals surface area contributed by atoms with Crippen molar-refractivity contribution >= 4 is 22.1 Å². The van der Waals surface area contributed by atoms with Gasteiger partial charge in [-0.2, -0.15) is 9.41 Å². The predicted molar refractivity (Wildman–Crippen MR) is 104 cm³/mol. The summed E-state index contributed by atoms with van der Waals surface area (Å²) in [6.07, 6.45) is 3.90. The maximum absolute atomic E-state index is 12.7. The molecule has 3 rings (SSSR count). The SMILES string of the molecule is O=C(N/N=C/c1ccc(O)cc1O)c1cccc(S(=O)(=O)N2CCCCC2)c1. The fraction of sp³-hybridized carbons (Fsp3) is 0.263. The van der Waals surface area contributed by atoms with Crippen LogP contribution in [0, 0.1) is 0 Å². The molecule has 1 heterocycles. The predicted octanol–water partition coefficient (Wildman–Crippen LogP) is 2.04. The van der Waals surface area contributed by atoms with E-state index in [1.807, 2.05) is 0 Å². The number of hydrogen-bond donors (Lipinski definition) is 3. The molecule has 0 unspecified atom stereocenters. The average molecular weight is 403 g/mol. The van der Waals surface area contributed by atoms with Crippen LogP contribution >= 0.6 is 0 Å². The van der Waals surface area contributed by atoms with Gasteiger partial charge in [0, 0.05) is 30.3 Å². The molecule has 28 heavy (non-hydrogen) atoms. The minimum atomic E-state index is -3.63. The van der Waals surface area contributed by atoms with Crippen LogP contribution in [0.5, 0.6) is 11.5 Å². The van der Waals surface area contributed by atoms with Crippen molar-refractivity contribution in [3.8, 4) is 11.5 Å². The number of phenolic OH excluding ortho intramolecular Hbond substituents is 2. The largest absolute Gasteiger partial charge is 0.508 e. The van der Waals surface area contributed by atoms with Gasteiger partial charge in [-0.05, 0) is 43.2 Å². The molecule has 1 fully saturated rings. The number of hydrazone groups is 1. The van der Waals surface area contributed by atoms with Crippen molar-refractivity contribution in [2.24, 2.45) is 5.10 Å². The Labute approximate surface area is 163 Å². The number of amides is 1. The Morgan fingerprint density at radius 2 is 1.82 bits per heavy atom. The van der Waals surface area contributed by atoms with E-state index in [0.717, 1.165) is 25.3 Å². The molecule has 0 atom stereocenters. The summed E-state index contributed by atoms with van der Waals surface area (Å²) in [6, 6.07) is 9.77. The van der Waals surface area contributed by atoms with Crippen LogP contribution in [0.1, 0.15) is 35.2 Å². The molecule has 0 radical (unpaired) electrons. The summed E-state index contributed by atoms with van der Waals surface area (Å²) in [7, 11) is -3.63. The number of aromatic hydroxyl groups is 2. The monoisotopic (exact) mass is 403 g/mol. The van der Waals surface area contributed by atoms with Gasteiger partial charge in [0.2, 0.25) is 10.0 Å². The van der Waals surface area contributed by atoms with E-state index in [1.54, 1.807) is 0 Å². The molecule has 2 aromatic carbocycles. The van der Waals surface area contributed by atoms with Crippen molar-refractivity contribution in [1.29, 1.82) is 0 Å². The minimum absolute atomic E-state index is 0.0715. The normalized spacial score (nSPS) is 15.6. The van der Waals surface area contributed by atoms with E-state index in [9.17, 15) is 23.4 Å². The smallest absolute Gasteiger partial charge is 0.271 e. The molecule has 0 aromatic heterocycles. The summed E-state index contributed by atoms with van der Waals surface area (Å²) in [4.78, 5) is 12.4. The summed E-state index contributed by atoms with van der Waals surface area (Å²) >= 11 is 0. The average Bonchev–Trinajstić information content (AvgIpc) is 2.70. The number of phenols is 2. The van der Waals surface area contributed by atoms with E-state index in [2.05, 4.69) is 10.5 Å². The first-order valence-electron chi connectivity index (χ1n) is 8.83. The van der Waals surface area contributed by atoms with Crippen molar-refractivity contribution < 1.29 is 23.4 Å². The molecule has 0 bridgehead atoms. The Hall–Kier alpha value is -2.91. The highest BCUT2D eigenvalue weighted by Crippen LogP contribution is 2.22. The lowest BCUT2D eigenvalue weighted by atomic mass is 10.2. The zero-order valence-electron chi connectivity index (χ0n) is 15.1. The standard InChI is InChI=1S/C19H21N3O5S/c23-16-8-7-15(18(24)12-16)13-20-21-19(25)14-5-4-6-17(11-14)28(26,27)22-9-2-1-3-10-22/h4-8,11-13,23-24H,1-3,9-10H2,(H,21,25)/b20-13+. The third kappa shape index (κ3) is 4.49. The highest BCUT2D eigenvalue weighted by molar-refractivity contribution is 7.89. The molecule has 1 aliphatic heterocycles. The molecule has 1 aliphatic rings. The van der Waals surface area contributed by atoms with Crippen LogP contribution in [0.25, 0.3) is 0 Å². The first kappa shape index (κ1) is 19.8. The van der Waals surface area contributed by atoms with Crippen molar-refractivity contribution in [2.45, 2.75) is 24.2 Å². The van der Waals surface area contributed by atoms with Gasteiger partial charge in [0.05, 0.1) is 11.1 Å². The van der Waals surface area contributed by atoms with Crippen LogP contribution in [0.2, 0.25) is 0 Å². The third-order valence-electron chi connectivity index (χ3n) is 4.43. The molecule has 0 saturated carbocycles. The number of carbonyl (C=O) groups excluding carboxylic acids is 1. The van der Waals surface area contributed by atoms with Gasteiger partial charge in [0.15, 0.2) is 0 Å². The molecule has 2 aromatic rings. The number of benzene rings is 2. The fourth-order valence-corrected chi connectivity index (χ4v) is 4.48. The van der Waals surface area contributed by atoms with Gasteiger partial charge < -0.3 is 10.2 Å². The molecule has 0 aliphatic carbocycles. The maximum atomic E-state index is 12.7. The van der Waals surface area contributed by atoms with Gasteiger partial charge in [-0.3, -0.25) is 4.79 Å². The Balaban J connectivity index is 1.72. The van der Waals surface area contributed by atoms with Crippen LogP contribution in [-0.2, 0) is 10.0 Å². The Morgan fingerprint density at radius 1 is 1.07 bits per heavy atom. The molecular weight excluding hydrogens is 382 g/mol. The van der Waals surface area contributed by atoms with Crippen LogP contribution in [-0.4, -0.2) is 48.1 Å². The second-order valence-electron chi connectivity index (χ2n) is 6.43. The van der Waals surface area contributed by atoms with Gasteiger partial charge in [0.1, 0.15) is 11.5 Å². The van der Waals surface area contributed by atoms with Crippen molar-refractivity contribution in [1.82, 2.24) is 9.73 Å². The van der Waals surface area contributed by atoms with Crippen LogP contribution < -0.4 is 5.43 Å². The van der Waals surface area contributed by atoms with Crippen LogP contribution in [0.15, 0.2) is 52.5 Å². The highest BCUT2D eigenvalue weighted by atomic mass is 32.2. The van der Waals surface area contributed by atoms with Crippen LogP contribution in [0.4, 0.5) is 0 Å². The van der Waals surface area contributed by atoms with Gasteiger partial charge in [0.25, 0.3) is 5.91 Å². The second kappa shape index (κ2) is 8.41. The lowest BCUT2D eigenvalue weighted by molar-refractivity contribution is 0.0955. The van der Waals surface area contributed by atoms with E-state index in [0.29, 0.717) is 18.7 Å². The minimum Gasteiger partial charge on any atom is -0.508 e. The quantitative estimate of drug-likeness (QED) is 0.521. The first-order chi connectivity index (χ1) is 13.4. The molecular formula is C19H21N3O5S. The molecule has 148 valence electrons. The topological polar surface area (TPSA) is 119 Å². The summed E-state index contributed by atoms with van der Waals surface area (Å²) in [5.74, 6) is -0.858. The number of rotatable bonds is 5. The summed E-state index contributed by atoms with van der Waals surface area (Å²) < 4.78 is 26.9. The number of nitrogens with zero attached hydrogens (tertiary/aromatic N) is 2. The number of sulfonamides is 1. The van der Waals surface area contributed by atoms with E-state index in [1.165, 1.54) is 46.9 Å². The zero-order chi connectivity index (χ0) is 20.1. The number of nitrogens with one attached hydrogen (secondary N) is 1. The van der Waals surface area contributed by atoms with E-state index in [4.69, 9.17) is 0 Å². The zero-order valence-corrected chi connectivity index (χ0v) is 15.9. The van der Waals surface area contributed by atoms with Gasteiger partial charge in [-0.25, -0.2) is 13.8 Å². The Morgan fingerprint density at radius 3 is 2.54 bits per heavy atom. The van der Waals surface area contributed by atoms with E-state index >= 15 is 0 Å². The van der Waals surface area contributed by atoms with E-state index < -0.39 is 15.9 Å². The Kier molecular flexibility index (Phi) is 5.96. The molecule has 9 heteroatoms. The maximum Gasteiger partial charge on any atom is 0.271 e. The fourth-order valence-electron chi connectivity index (χ4n) is 2.92. The van der Waals surface area contributed by atoms with Gasteiger partial charge in [-0.1, -0.05) is 12.5 Å². The first-order valence-corrected chi connectivity index (χ1v) is 10.3. The van der Waals surface area contributed by atoms with Crippen molar-refractivity contribution in [3.05, 3.63) is 53.6 Å². The molecule has 0 spiro atoms. The Bertz CT molecular complexity index is 998. The third-order valence-corrected chi connectivity index (χ3v) is 6.33. The lowest BCUT2D eigenvalue weighted by Gasteiger charge is -2.25. The van der Waals surface area contributed by atoms with Crippen molar-refractivity contribution in [2.75, 3.05) is 13.1 Å². The summed E-state index contributed by atoms with van der Waals surface area (Å²) in [5.41, 5.74) is 2.76. The van der Waals surface area contributed by atoms with Gasteiger partial charge >= 0.3 is 0 Å². The molecule has 1 saturated heterocycles. The number of piperidine rings is 1. The highest BCUT2D eigenvalue weighted by Gasteiger charge is 2.26. The lowest BCUT2D eigenvalue weighted by Crippen LogP contribution is -2.35. The molecule has 3 N–H and O–H groups in total. The molecule has 1 amide bonds. The summed E-state index contributed by atoms with van der Waals surface area (Å²) in [6.45, 7) is 0.971. The van der Waals surface area contributed by atoms with Crippen LogP contribution in [0.3, 0.4) is 0 Å². The molecule has 8 nitrogen and oxygen atoms in total. The summed E-state index contributed by atoms with van der Waals surface area (Å²) in [5, 5.41) is 22.7. The van der Waals surface area contributed by atoms with Gasteiger partial charge in [-0.15, -0.1) is 0 Å².